The zero-order chi connectivity index (χ0) is 27.5. The zero-order valence-electron chi connectivity index (χ0n) is 22.9. The first-order valence-electron chi connectivity index (χ1n) is 14.0. The van der Waals surface area contributed by atoms with E-state index in [1.54, 1.807) is 19.1 Å². The molecule has 5 heteroatoms. The van der Waals surface area contributed by atoms with Crippen molar-refractivity contribution < 1.29 is 9.18 Å². The van der Waals surface area contributed by atoms with Crippen LogP contribution in [0.15, 0.2) is 97.1 Å². The highest BCUT2D eigenvalue weighted by atomic mass is 19.1. The number of aryl methyl sites for hydroxylation is 1. The predicted molar refractivity (Wildman–Crippen MR) is 160 cm³/mol. The number of nitrogens with one attached hydrogen (secondary N) is 1. The summed E-state index contributed by atoms with van der Waals surface area (Å²) in [5.74, 6) is -0.297. The maximum absolute atomic E-state index is 14.1. The first-order chi connectivity index (χ1) is 19.5. The van der Waals surface area contributed by atoms with Crippen LogP contribution in [0.3, 0.4) is 0 Å². The molecule has 0 radical (unpaired) electrons. The van der Waals surface area contributed by atoms with Gasteiger partial charge in [0.1, 0.15) is 5.82 Å². The van der Waals surface area contributed by atoms with Gasteiger partial charge in [0.05, 0.1) is 0 Å². The molecule has 1 amide bonds. The van der Waals surface area contributed by atoms with E-state index in [9.17, 15) is 9.18 Å². The number of carbonyl (C=O) groups excluding carboxylic acids is 1. The molecule has 4 nitrogen and oxygen atoms in total. The van der Waals surface area contributed by atoms with Gasteiger partial charge in [-0.1, -0.05) is 72.8 Å². The molecule has 202 valence electrons. The van der Waals surface area contributed by atoms with Crippen LogP contribution in [-0.2, 0) is 24.3 Å². The quantitative estimate of drug-likeness (QED) is 0.301. The smallest absolute Gasteiger partial charge is 0.251 e. The fraction of sp³-hybridized carbons (Fsp3) is 0.229. The Hall–Kier alpha value is -4.22. The van der Waals surface area contributed by atoms with Gasteiger partial charge in [-0.25, -0.2) is 4.39 Å². The van der Waals surface area contributed by atoms with Crippen LogP contribution in [0, 0.1) is 12.7 Å². The van der Waals surface area contributed by atoms with E-state index in [0.29, 0.717) is 17.7 Å². The Morgan fingerprint density at radius 2 is 1.52 bits per heavy atom. The highest BCUT2D eigenvalue weighted by Gasteiger charge is 2.21. The Morgan fingerprint density at radius 3 is 2.27 bits per heavy atom. The maximum atomic E-state index is 14.1. The van der Waals surface area contributed by atoms with Crippen molar-refractivity contribution in [3.05, 3.63) is 131 Å². The molecule has 4 aromatic rings. The number of fused-ring (bicyclic) bond motifs is 1. The lowest BCUT2D eigenvalue weighted by Gasteiger charge is -2.36. The third-order valence-electron chi connectivity index (χ3n) is 8.05. The second-order valence-corrected chi connectivity index (χ2v) is 10.8. The number of halogens is 1. The van der Waals surface area contributed by atoms with E-state index in [0.717, 1.165) is 67.0 Å². The molecule has 0 bridgehead atoms. The fourth-order valence-corrected chi connectivity index (χ4v) is 5.60. The Balaban J connectivity index is 1.03. The Labute approximate surface area is 235 Å². The second kappa shape index (κ2) is 11.5. The second-order valence-electron chi connectivity index (χ2n) is 10.8. The molecule has 1 heterocycles. The molecule has 1 N–H and O–H groups in total. The molecule has 1 aliphatic heterocycles. The average Bonchev–Trinajstić information content (AvgIpc) is 3.42. The van der Waals surface area contributed by atoms with E-state index in [4.69, 9.17) is 0 Å². The highest BCUT2D eigenvalue weighted by molar-refractivity contribution is 6.21. The molecule has 0 aromatic heterocycles. The van der Waals surface area contributed by atoms with Crippen molar-refractivity contribution >= 4 is 17.2 Å². The van der Waals surface area contributed by atoms with Crippen LogP contribution in [0.5, 0.6) is 0 Å². The number of piperazine rings is 1. The molecule has 40 heavy (non-hydrogen) atoms. The van der Waals surface area contributed by atoms with Gasteiger partial charge in [0.15, 0.2) is 0 Å². The van der Waals surface area contributed by atoms with Crippen molar-refractivity contribution in [1.29, 1.82) is 0 Å². The Morgan fingerprint density at radius 1 is 0.825 bits per heavy atom. The van der Waals surface area contributed by atoms with E-state index in [1.165, 1.54) is 11.3 Å². The van der Waals surface area contributed by atoms with E-state index in [1.807, 2.05) is 30.3 Å². The molecule has 0 spiro atoms. The summed E-state index contributed by atoms with van der Waals surface area (Å²) in [6.07, 6.45) is 2.72. The lowest BCUT2D eigenvalue weighted by molar-refractivity contribution is -0.115. The summed E-state index contributed by atoms with van der Waals surface area (Å²) in [6, 6.07) is 30.5. The van der Waals surface area contributed by atoms with Gasteiger partial charge in [0.25, 0.3) is 5.91 Å². The molecule has 1 fully saturated rings. The van der Waals surface area contributed by atoms with Crippen LogP contribution in [0.1, 0.15) is 27.8 Å². The third kappa shape index (κ3) is 5.70. The SMILES string of the molecule is Cc1ccc(-c2ccc3c(c2)C(C(=O)NCc2ccc(CN4CCN(c5ccccc5)CC4)cc2)=CC3)cc1F. The van der Waals surface area contributed by atoms with Crippen LogP contribution in [0.4, 0.5) is 10.1 Å². The number of allylic oxidation sites excluding steroid dienone is 1. The van der Waals surface area contributed by atoms with Crippen LogP contribution >= 0.6 is 0 Å². The lowest BCUT2D eigenvalue weighted by Crippen LogP contribution is -2.45. The normalized spacial score (nSPS) is 15.1. The lowest BCUT2D eigenvalue weighted by atomic mass is 9.97. The van der Waals surface area contributed by atoms with Crippen molar-refractivity contribution in [3.63, 3.8) is 0 Å². The zero-order valence-corrected chi connectivity index (χ0v) is 22.9. The topological polar surface area (TPSA) is 35.6 Å². The van der Waals surface area contributed by atoms with Crippen molar-refractivity contribution in [2.24, 2.45) is 0 Å². The first kappa shape index (κ1) is 26.0. The summed E-state index contributed by atoms with van der Waals surface area (Å²) in [7, 11) is 0. The van der Waals surface area contributed by atoms with E-state index < -0.39 is 0 Å². The summed E-state index contributed by atoms with van der Waals surface area (Å²) in [5.41, 5.74) is 8.76. The van der Waals surface area contributed by atoms with Gasteiger partial charge in [-0.05, 0) is 76.6 Å². The van der Waals surface area contributed by atoms with Crippen LogP contribution in [0.2, 0.25) is 0 Å². The summed E-state index contributed by atoms with van der Waals surface area (Å²) in [5, 5.41) is 3.10. The average molecular weight is 532 g/mol. The van der Waals surface area contributed by atoms with E-state index in [-0.39, 0.29) is 11.7 Å². The van der Waals surface area contributed by atoms with Crippen LogP contribution < -0.4 is 10.2 Å². The minimum atomic E-state index is -0.219. The predicted octanol–water partition coefficient (Wildman–Crippen LogP) is 6.38. The maximum Gasteiger partial charge on any atom is 0.251 e. The summed E-state index contributed by atoms with van der Waals surface area (Å²) < 4.78 is 14.1. The number of carbonyl (C=O) groups is 1. The molecule has 2 aliphatic rings. The number of amides is 1. The Bertz CT molecular complexity index is 1540. The number of nitrogens with zero attached hydrogens (tertiary/aromatic N) is 2. The highest BCUT2D eigenvalue weighted by Crippen LogP contribution is 2.32. The molecule has 6 rings (SSSR count). The first-order valence-corrected chi connectivity index (χ1v) is 14.0. The van der Waals surface area contributed by atoms with Crippen molar-refractivity contribution in [3.8, 4) is 11.1 Å². The third-order valence-corrected chi connectivity index (χ3v) is 8.05. The number of rotatable bonds is 7. The van der Waals surface area contributed by atoms with Gasteiger partial charge in [-0.3, -0.25) is 9.69 Å². The number of hydrogen-bond donors (Lipinski definition) is 1. The fourth-order valence-electron chi connectivity index (χ4n) is 5.60. The minimum absolute atomic E-state index is 0.0775. The van der Waals surface area contributed by atoms with Crippen LogP contribution in [-0.4, -0.2) is 37.0 Å². The van der Waals surface area contributed by atoms with Gasteiger partial charge < -0.3 is 10.2 Å². The van der Waals surface area contributed by atoms with Gasteiger partial charge in [0, 0.05) is 50.5 Å². The summed E-state index contributed by atoms with van der Waals surface area (Å²) in [6.45, 7) is 7.34. The molecule has 0 atom stereocenters. The molecule has 1 aliphatic carbocycles. The van der Waals surface area contributed by atoms with E-state index in [2.05, 4.69) is 69.7 Å². The standard InChI is InChI=1S/C35H34FN3O/c1-25-7-12-30(22-34(25)36)29-14-13-28-15-16-32(33(28)21-29)35(40)37-23-26-8-10-27(11-9-26)24-38-17-19-39(20-18-38)31-5-3-2-4-6-31/h2-14,16,21-22H,15,17-20,23-24H2,1H3,(H,37,40). The van der Waals surface area contributed by atoms with Gasteiger partial charge >= 0.3 is 0 Å². The monoisotopic (exact) mass is 531 g/mol. The summed E-state index contributed by atoms with van der Waals surface area (Å²) in [4.78, 5) is 18.1. The molecular formula is C35H34FN3O. The molecular weight excluding hydrogens is 497 g/mol. The van der Waals surface area contributed by atoms with Crippen molar-refractivity contribution in [2.45, 2.75) is 26.4 Å². The largest absolute Gasteiger partial charge is 0.369 e. The molecule has 1 saturated heterocycles. The summed E-state index contributed by atoms with van der Waals surface area (Å²) >= 11 is 0. The van der Waals surface area contributed by atoms with Crippen molar-refractivity contribution in [2.75, 3.05) is 31.1 Å². The number of para-hydroxylation sites is 1. The molecule has 0 unspecified atom stereocenters. The van der Waals surface area contributed by atoms with Crippen molar-refractivity contribution in [1.82, 2.24) is 10.2 Å². The van der Waals surface area contributed by atoms with Gasteiger partial charge in [0.2, 0.25) is 0 Å². The van der Waals surface area contributed by atoms with Crippen LogP contribution in [0.25, 0.3) is 16.7 Å². The Kier molecular flexibility index (Phi) is 7.47. The van der Waals surface area contributed by atoms with Gasteiger partial charge in [-0.2, -0.15) is 0 Å². The van der Waals surface area contributed by atoms with E-state index >= 15 is 0 Å². The molecule has 4 aromatic carbocycles. The minimum Gasteiger partial charge on any atom is -0.369 e. The number of benzene rings is 4. The number of anilines is 1. The number of hydrogen-bond acceptors (Lipinski definition) is 3. The molecule has 0 saturated carbocycles. The van der Waals surface area contributed by atoms with Gasteiger partial charge in [-0.15, -0.1) is 0 Å².